The van der Waals surface area contributed by atoms with E-state index in [1.165, 1.54) is 11.3 Å². The van der Waals surface area contributed by atoms with Crippen molar-refractivity contribution in [2.45, 2.75) is 34.6 Å². The number of carbonyl (C=O) groups excluding carboxylic acids is 1. The Hall–Kier alpha value is -1.59. The molecule has 5 heteroatoms. The van der Waals surface area contributed by atoms with Crippen LogP contribution >= 0.6 is 0 Å². The topological polar surface area (TPSA) is 38.8 Å². The monoisotopic (exact) mass is 374 g/mol. The fourth-order valence-electron chi connectivity index (χ4n) is 3.85. The van der Waals surface area contributed by atoms with E-state index < -0.39 is 0 Å². The fraction of sp³-hybridized carbons (Fsp3) is 0.682. The van der Waals surface area contributed by atoms with Gasteiger partial charge in [0, 0.05) is 64.6 Å². The number of hydrogen-bond donors (Lipinski definition) is 1. The SMILES string of the molecule is CC.Cc1ccc(N2CCN(C(=O)C(C)(C)CN3CCNCC3)CC2)cc1. The van der Waals surface area contributed by atoms with Crippen molar-refractivity contribution in [1.29, 1.82) is 0 Å². The van der Waals surface area contributed by atoms with Gasteiger partial charge in [-0.25, -0.2) is 0 Å². The molecule has 0 saturated carbocycles. The summed E-state index contributed by atoms with van der Waals surface area (Å²) in [5.41, 5.74) is 2.23. The van der Waals surface area contributed by atoms with Crippen LogP contribution in [0.2, 0.25) is 0 Å². The predicted molar refractivity (Wildman–Crippen MR) is 114 cm³/mol. The zero-order valence-corrected chi connectivity index (χ0v) is 17.9. The van der Waals surface area contributed by atoms with E-state index in [-0.39, 0.29) is 5.41 Å². The van der Waals surface area contributed by atoms with E-state index in [9.17, 15) is 4.79 Å². The molecule has 1 amide bonds. The van der Waals surface area contributed by atoms with E-state index in [4.69, 9.17) is 0 Å². The van der Waals surface area contributed by atoms with Crippen LogP contribution in [0.3, 0.4) is 0 Å². The molecule has 0 unspecified atom stereocenters. The minimum atomic E-state index is -0.316. The lowest BCUT2D eigenvalue weighted by molar-refractivity contribution is -0.141. The van der Waals surface area contributed by atoms with Crippen molar-refractivity contribution in [1.82, 2.24) is 15.1 Å². The summed E-state index contributed by atoms with van der Waals surface area (Å²) in [6, 6.07) is 8.68. The van der Waals surface area contributed by atoms with Crippen molar-refractivity contribution in [3.63, 3.8) is 0 Å². The lowest BCUT2D eigenvalue weighted by Gasteiger charge is -2.41. The summed E-state index contributed by atoms with van der Waals surface area (Å²) in [5, 5.41) is 3.37. The number of nitrogens with one attached hydrogen (secondary N) is 1. The molecular formula is C22H38N4O. The van der Waals surface area contributed by atoms with Crippen LogP contribution in [0.4, 0.5) is 5.69 Å². The molecule has 2 heterocycles. The van der Waals surface area contributed by atoms with Crippen molar-refractivity contribution < 1.29 is 4.79 Å². The lowest BCUT2D eigenvalue weighted by atomic mass is 9.90. The molecule has 5 nitrogen and oxygen atoms in total. The second-order valence-corrected chi connectivity index (χ2v) is 8.02. The molecule has 0 aliphatic carbocycles. The van der Waals surface area contributed by atoms with Crippen molar-refractivity contribution in [3.05, 3.63) is 29.8 Å². The third-order valence-electron chi connectivity index (χ3n) is 5.37. The smallest absolute Gasteiger partial charge is 0.229 e. The number of aryl methyl sites for hydroxylation is 1. The molecule has 0 aromatic heterocycles. The number of amides is 1. The quantitative estimate of drug-likeness (QED) is 0.879. The maximum absolute atomic E-state index is 13.0. The van der Waals surface area contributed by atoms with Gasteiger partial charge in [0.1, 0.15) is 0 Å². The highest BCUT2D eigenvalue weighted by molar-refractivity contribution is 5.82. The summed E-state index contributed by atoms with van der Waals surface area (Å²) >= 11 is 0. The Labute approximate surface area is 165 Å². The highest BCUT2D eigenvalue weighted by Gasteiger charge is 2.35. The Morgan fingerprint density at radius 1 is 0.963 bits per heavy atom. The largest absolute Gasteiger partial charge is 0.368 e. The Morgan fingerprint density at radius 3 is 2.07 bits per heavy atom. The average Bonchev–Trinajstić information content (AvgIpc) is 2.70. The maximum atomic E-state index is 13.0. The van der Waals surface area contributed by atoms with Gasteiger partial charge in [-0.3, -0.25) is 9.69 Å². The van der Waals surface area contributed by atoms with E-state index >= 15 is 0 Å². The summed E-state index contributed by atoms with van der Waals surface area (Å²) in [7, 11) is 0. The molecule has 2 aliphatic heterocycles. The molecule has 2 saturated heterocycles. The van der Waals surface area contributed by atoms with Crippen LogP contribution < -0.4 is 10.2 Å². The van der Waals surface area contributed by atoms with Crippen LogP contribution in [-0.4, -0.2) is 74.6 Å². The summed E-state index contributed by atoms with van der Waals surface area (Å²) in [6.07, 6.45) is 0. The summed E-state index contributed by atoms with van der Waals surface area (Å²) in [5.74, 6) is 0.301. The Morgan fingerprint density at radius 2 is 1.52 bits per heavy atom. The number of hydrogen-bond acceptors (Lipinski definition) is 4. The standard InChI is InChI=1S/C20H32N4O.C2H6/c1-17-4-6-18(7-5-17)23-12-14-24(15-13-23)19(25)20(2,3)16-22-10-8-21-9-11-22;1-2/h4-7,21H,8-16H2,1-3H3;1-2H3. The van der Waals surface area contributed by atoms with Gasteiger partial charge < -0.3 is 15.1 Å². The van der Waals surface area contributed by atoms with Gasteiger partial charge >= 0.3 is 0 Å². The molecule has 152 valence electrons. The second-order valence-electron chi connectivity index (χ2n) is 8.02. The highest BCUT2D eigenvalue weighted by atomic mass is 16.2. The molecule has 3 rings (SSSR count). The number of piperazine rings is 2. The van der Waals surface area contributed by atoms with Gasteiger partial charge in [0.05, 0.1) is 5.41 Å². The first-order valence-corrected chi connectivity index (χ1v) is 10.5. The van der Waals surface area contributed by atoms with Gasteiger partial charge in [-0.1, -0.05) is 31.5 Å². The molecule has 0 spiro atoms. The van der Waals surface area contributed by atoms with Crippen molar-refractivity contribution >= 4 is 11.6 Å². The first-order chi connectivity index (χ1) is 13.0. The molecule has 1 aromatic rings. The molecule has 0 radical (unpaired) electrons. The third kappa shape index (κ3) is 5.94. The third-order valence-corrected chi connectivity index (χ3v) is 5.37. The van der Waals surface area contributed by atoms with Crippen LogP contribution in [0.25, 0.3) is 0 Å². The zero-order valence-electron chi connectivity index (χ0n) is 17.9. The van der Waals surface area contributed by atoms with Crippen LogP contribution in [0, 0.1) is 12.3 Å². The van der Waals surface area contributed by atoms with E-state index in [1.807, 2.05) is 13.8 Å². The van der Waals surface area contributed by atoms with Crippen LogP contribution in [0.15, 0.2) is 24.3 Å². The summed E-state index contributed by atoms with van der Waals surface area (Å²) in [4.78, 5) is 19.9. The van der Waals surface area contributed by atoms with Gasteiger partial charge in [0.15, 0.2) is 0 Å². The highest BCUT2D eigenvalue weighted by Crippen LogP contribution is 2.23. The molecule has 1 aromatic carbocycles. The van der Waals surface area contributed by atoms with Crippen molar-refractivity contribution in [3.8, 4) is 0 Å². The number of carbonyl (C=O) groups is 1. The molecular weight excluding hydrogens is 336 g/mol. The number of anilines is 1. The first kappa shape index (κ1) is 21.7. The molecule has 0 atom stereocenters. The van der Waals surface area contributed by atoms with Crippen molar-refractivity contribution in [2.75, 3.05) is 63.8 Å². The Kier molecular flexibility index (Phi) is 8.11. The van der Waals surface area contributed by atoms with Crippen LogP contribution in [0.1, 0.15) is 33.3 Å². The van der Waals surface area contributed by atoms with E-state index in [0.29, 0.717) is 5.91 Å². The van der Waals surface area contributed by atoms with E-state index in [1.54, 1.807) is 0 Å². The Bertz CT molecular complexity index is 570. The zero-order chi connectivity index (χ0) is 19.9. The second kappa shape index (κ2) is 10.1. The van der Waals surface area contributed by atoms with Gasteiger partial charge in [-0.2, -0.15) is 0 Å². The summed E-state index contributed by atoms with van der Waals surface area (Å²) in [6.45, 7) is 18.8. The van der Waals surface area contributed by atoms with Gasteiger partial charge in [-0.05, 0) is 32.9 Å². The normalized spacial score (nSPS) is 18.7. The van der Waals surface area contributed by atoms with Crippen LogP contribution in [-0.2, 0) is 4.79 Å². The van der Waals surface area contributed by atoms with Crippen LogP contribution in [0.5, 0.6) is 0 Å². The van der Waals surface area contributed by atoms with Gasteiger partial charge in [-0.15, -0.1) is 0 Å². The molecule has 2 aliphatic rings. The number of nitrogens with zero attached hydrogens (tertiary/aromatic N) is 3. The number of benzene rings is 1. The number of rotatable bonds is 4. The lowest BCUT2D eigenvalue weighted by Crippen LogP contribution is -2.55. The minimum absolute atomic E-state index is 0.301. The van der Waals surface area contributed by atoms with Crippen molar-refractivity contribution in [2.24, 2.45) is 5.41 Å². The minimum Gasteiger partial charge on any atom is -0.368 e. The summed E-state index contributed by atoms with van der Waals surface area (Å²) < 4.78 is 0. The fourth-order valence-corrected chi connectivity index (χ4v) is 3.85. The molecule has 2 fully saturated rings. The molecule has 1 N–H and O–H groups in total. The predicted octanol–water partition coefficient (Wildman–Crippen LogP) is 2.60. The Balaban J connectivity index is 0.00000126. The van der Waals surface area contributed by atoms with Gasteiger partial charge in [0.2, 0.25) is 5.91 Å². The average molecular weight is 375 g/mol. The first-order valence-electron chi connectivity index (χ1n) is 10.5. The van der Waals surface area contributed by atoms with Gasteiger partial charge in [0.25, 0.3) is 0 Å². The molecule has 27 heavy (non-hydrogen) atoms. The maximum Gasteiger partial charge on any atom is 0.229 e. The molecule has 0 bridgehead atoms. The van der Waals surface area contributed by atoms with E-state index in [2.05, 4.69) is 65.1 Å². The van der Waals surface area contributed by atoms with E-state index in [0.717, 1.165) is 58.9 Å².